The Morgan fingerprint density at radius 2 is 1.95 bits per heavy atom. The molecule has 0 radical (unpaired) electrons. The number of amides is 2. The van der Waals surface area contributed by atoms with Crippen LogP contribution in [0.1, 0.15) is 26.3 Å². The molecule has 5 heteroatoms. The van der Waals surface area contributed by atoms with E-state index in [9.17, 15) is 9.59 Å². The lowest BCUT2D eigenvalue weighted by molar-refractivity contribution is -0.135. The van der Waals surface area contributed by atoms with Crippen LogP contribution in [0.3, 0.4) is 0 Å². The van der Waals surface area contributed by atoms with E-state index in [1.54, 1.807) is 7.11 Å². The zero-order chi connectivity index (χ0) is 16.3. The number of benzene rings is 1. The quantitative estimate of drug-likeness (QED) is 0.832. The van der Waals surface area contributed by atoms with E-state index in [2.05, 4.69) is 31.4 Å². The number of carbonyl (C=O) groups excluding carboxylic acids is 2. The summed E-state index contributed by atoms with van der Waals surface area (Å²) in [6.07, 6.45) is 0. The first-order valence-electron chi connectivity index (χ1n) is 7.51. The Labute approximate surface area is 131 Å². The lowest BCUT2D eigenvalue weighted by Crippen LogP contribution is -2.40. The third-order valence-electron chi connectivity index (χ3n) is 4.20. The second-order valence-corrected chi connectivity index (χ2v) is 6.76. The standard InChI is InChI=1S/C17H24N2O3/c1-17(2,3)13-10-19-16(21)14(13)15(20)18-9-11-5-7-12(22-4)8-6-11/h5-8,13-14H,9-10H2,1-4H3,(H,18,20)(H,19,21)/t13-,14+/m1/s1. The third-order valence-corrected chi connectivity index (χ3v) is 4.20. The predicted molar refractivity (Wildman–Crippen MR) is 84.3 cm³/mol. The molecule has 1 fully saturated rings. The first-order chi connectivity index (χ1) is 10.3. The molecular formula is C17H24N2O3. The molecule has 2 atom stereocenters. The van der Waals surface area contributed by atoms with Crippen molar-refractivity contribution < 1.29 is 14.3 Å². The van der Waals surface area contributed by atoms with Gasteiger partial charge in [0.2, 0.25) is 11.8 Å². The summed E-state index contributed by atoms with van der Waals surface area (Å²) >= 11 is 0. The topological polar surface area (TPSA) is 67.4 Å². The smallest absolute Gasteiger partial charge is 0.233 e. The van der Waals surface area contributed by atoms with Crippen LogP contribution >= 0.6 is 0 Å². The molecule has 1 heterocycles. The van der Waals surface area contributed by atoms with Crippen LogP contribution in [-0.2, 0) is 16.1 Å². The number of methoxy groups -OCH3 is 1. The van der Waals surface area contributed by atoms with E-state index in [4.69, 9.17) is 4.74 Å². The van der Waals surface area contributed by atoms with Crippen LogP contribution in [0, 0.1) is 17.3 Å². The molecular weight excluding hydrogens is 280 g/mol. The Kier molecular flexibility index (Phi) is 4.74. The fourth-order valence-corrected chi connectivity index (χ4v) is 2.77. The van der Waals surface area contributed by atoms with Gasteiger partial charge in [0.05, 0.1) is 7.11 Å². The van der Waals surface area contributed by atoms with E-state index in [-0.39, 0.29) is 23.1 Å². The van der Waals surface area contributed by atoms with Gasteiger partial charge in [-0.25, -0.2) is 0 Å². The highest BCUT2D eigenvalue weighted by atomic mass is 16.5. The van der Waals surface area contributed by atoms with Crippen LogP contribution in [0.15, 0.2) is 24.3 Å². The van der Waals surface area contributed by atoms with E-state index in [0.717, 1.165) is 11.3 Å². The molecule has 0 spiro atoms. The molecule has 0 bridgehead atoms. The van der Waals surface area contributed by atoms with Crippen LogP contribution in [0.25, 0.3) is 0 Å². The van der Waals surface area contributed by atoms with Crippen molar-refractivity contribution in [2.45, 2.75) is 27.3 Å². The van der Waals surface area contributed by atoms with Crippen LogP contribution < -0.4 is 15.4 Å². The summed E-state index contributed by atoms with van der Waals surface area (Å²) in [6.45, 7) is 7.14. The molecule has 0 aromatic heterocycles. The number of carbonyl (C=O) groups is 2. The monoisotopic (exact) mass is 304 g/mol. The van der Waals surface area contributed by atoms with Gasteiger partial charge in [-0.05, 0) is 23.1 Å². The minimum Gasteiger partial charge on any atom is -0.497 e. The Balaban J connectivity index is 1.99. The van der Waals surface area contributed by atoms with E-state index >= 15 is 0 Å². The van der Waals surface area contributed by atoms with Gasteiger partial charge in [0.25, 0.3) is 0 Å². The highest BCUT2D eigenvalue weighted by molar-refractivity contribution is 6.02. The van der Waals surface area contributed by atoms with E-state index in [1.165, 1.54) is 0 Å². The van der Waals surface area contributed by atoms with Gasteiger partial charge in [0.15, 0.2) is 0 Å². The van der Waals surface area contributed by atoms with Crippen molar-refractivity contribution in [2.75, 3.05) is 13.7 Å². The van der Waals surface area contributed by atoms with Crippen LogP contribution in [0.2, 0.25) is 0 Å². The largest absolute Gasteiger partial charge is 0.497 e. The number of hydrogen-bond acceptors (Lipinski definition) is 3. The number of hydrogen-bond donors (Lipinski definition) is 2. The number of rotatable bonds is 4. The molecule has 0 unspecified atom stereocenters. The van der Waals surface area contributed by atoms with Crippen LogP contribution in [0.5, 0.6) is 5.75 Å². The Bertz CT molecular complexity index is 546. The Hall–Kier alpha value is -2.04. The summed E-state index contributed by atoms with van der Waals surface area (Å²) in [5, 5.41) is 5.67. The van der Waals surface area contributed by atoms with Crippen molar-refractivity contribution in [1.82, 2.24) is 10.6 Å². The van der Waals surface area contributed by atoms with Crippen molar-refractivity contribution in [3.05, 3.63) is 29.8 Å². The highest BCUT2D eigenvalue weighted by Crippen LogP contribution is 2.35. The zero-order valence-corrected chi connectivity index (χ0v) is 13.6. The average molecular weight is 304 g/mol. The predicted octanol–water partition coefficient (Wildman–Crippen LogP) is 1.72. The van der Waals surface area contributed by atoms with Crippen LogP contribution in [-0.4, -0.2) is 25.5 Å². The molecule has 1 aliphatic rings. The molecule has 2 N–H and O–H groups in total. The van der Waals surface area contributed by atoms with Gasteiger partial charge in [-0.2, -0.15) is 0 Å². The van der Waals surface area contributed by atoms with Crippen molar-refractivity contribution >= 4 is 11.8 Å². The van der Waals surface area contributed by atoms with Gasteiger partial charge in [-0.3, -0.25) is 9.59 Å². The maximum atomic E-state index is 12.4. The summed E-state index contributed by atoms with van der Waals surface area (Å²) in [4.78, 5) is 24.4. The lowest BCUT2D eigenvalue weighted by Gasteiger charge is -2.29. The molecule has 0 aliphatic carbocycles. The SMILES string of the molecule is COc1ccc(CNC(=O)[C@H]2C(=O)NC[C@H]2C(C)(C)C)cc1. The Morgan fingerprint density at radius 1 is 1.32 bits per heavy atom. The Morgan fingerprint density at radius 3 is 2.50 bits per heavy atom. The first kappa shape index (κ1) is 16.3. The van der Waals surface area contributed by atoms with Gasteiger partial charge in [0, 0.05) is 19.0 Å². The fraction of sp³-hybridized carbons (Fsp3) is 0.529. The molecule has 2 rings (SSSR count). The molecule has 5 nitrogen and oxygen atoms in total. The molecule has 1 aliphatic heterocycles. The second kappa shape index (κ2) is 6.38. The van der Waals surface area contributed by atoms with Crippen molar-refractivity contribution in [2.24, 2.45) is 17.3 Å². The normalized spacial score (nSPS) is 21.4. The van der Waals surface area contributed by atoms with E-state index in [1.807, 2.05) is 24.3 Å². The van der Waals surface area contributed by atoms with Gasteiger partial charge in [-0.1, -0.05) is 32.9 Å². The lowest BCUT2D eigenvalue weighted by atomic mass is 9.74. The average Bonchev–Trinajstić information content (AvgIpc) is 2.87. The number of ether oxygens (including phenoxy) is 1. The maximum absolute atomic E-state index is 12.4. The summed E-state index contributed by atoms with van der Waals surface area (Å²) in [5.41, 5.74) is 0.876. The maximum Gasteiger partial charge on any atom is 0.233 e. The van der Waals surface area contributed by atoms with Gasteiger partial charge >= 0.3 is 0 Å². The molecule has 1 aromatic carbocycles. The van der Waals surface area contributed by atoms with Crippen LogP contribution in [0.4, 0.5) is 0 Å². The molecule has 120 valence electrons. The third kappa shape index (κ3) is 3.59. The van der Waals surface area contributed by atoms with Gasteiger partial charge in [-0.15, -0.1) is 0 Å². The number of nitrogens with one attached hydrogen (secondary N) is 2. The molecule has 1 saturated heterocycles. The molecule has 22 heavy (non-hydrogen) atoms. The van der Waals surface area contributed by atoms with E-state index < -0.39 is 5.92 Å². The van der Waals surface area contributed by atoms with Crippen molar-refractivity contribution in [3.63, 3.8) is 0 Å². The summed E-state index contributed by atoms with van der Waals surface area (Å²) in [6, 6.07) is 7.49. The van der Waals surface area contributed by atoms with Gasteiger partial charge in [0.1, 0.15) is 11.7 Å². The highest BCUT2D eigenvalue weighted by Gasteiger charge is 2.45. The minimum atomic E-state index is -0.613. The fourth-order valence-electron chi connectivity index (χ4n) is 2.77. The minimum absolute atomic E-state index is 0.0101. The zero-order valence-electron chi connectivity index (χ0n) is 13.6. The first-order valence-corrected chi connectivity index (χ1v) is 7.51. The molecule has 1 aromatic rings. The summed E-state index contributed by atoms with van der Waals surface area (Å²) in [7, 11) is 1.61. The van der Waals surface area contributed by atoms with Gasteiger partial charge < -0.3 is 15.4 Å². The summed E-state index contributed by atoms with van der Waals surface area (Å²) in [5.74, 6) is -0.204. The summed E-state index contributed by atoms with van der Waals surface area (Å²) < 4.78 is 5.10. The second-order valence-electron chi connectivity index (χ2n) is 6.76. The molecule has 0 saturated carbocycles. The van der Waals surface area contributed by atoms with Crippen molar-refractivity contribution in [1.29, 1.82) is 0 Å². The van der Waals surface area contributed by atoms with Crippen molar-refractivity contribution in [3.8, 4) is 5.75 Å². The molecule has 2 amide bonds. The van der Waals surface area contributed by atoms with E-state index in [0.29, 0.717) is 13.1 Å².